The van der Waals surface area contributed by atoms with Crippen LogP contribution >= 0.6 is 8.38 Å². The molecule has 54 heavy (non-hydrogen) atoms. The minimum atomic E-state index is -1.79. The van der Waals surface area contributed by atoms with Crippen LogP contribution in [0.5, 0.6) is 11.5 Å². The minimum absolute atomic E-state index is 0.00788. The van der Waals surface area contributed by atoms with Crippen LogP contribution in [-0.4, -0.2) is 58.7 Å². The smallest absolute Gasteiger partial charge is 0.330 e. The molecular formula is C40H44N5O8P. The Kier molecular flexibility index (Phi) is 12.7. The summed E-state index contributed by atoms with van der Waals surface area (Å²) in [7, 11) is 1.46. The Morgan fingerprint density at radius 1 is 1.00 bits per heavy atom. The van der Waals surface area contributed by atoms with E-state index in [1.807, 2.05) is 85.8 Å². The first-order valence-electron chi connectivity index (χ1n) is 17.7. The van der Waals surface area contributed by atoms with Crippen LogP contribution in [0.25, 0.3) is 0 Å². The zero-order chi connectivity index (χ0) is 38.1. The summed E-state index contributed by atoms with van der Waals surface area (Å²) in [5, 5.41) is 9.56. The first-order chi connectivity index (χ1) is 26.3. The summed E-state index contributed by atoms with van der Waals surface area (Å²) < 4.78 is 39.6. The molecule has 1 saturated heterocycles. The predicted molar refractivity (Wildman–Crippen MR) is 203 cm³/mol. The van der Waals surface area contributed by atoms with E-state index in [2.05, 4.69) is 21.0 Å². The first kappa shape index (κ1) is 38.6. The number of hydrogen-bond acceptors (Lipinski definition) is 10. The van der Waals surface area contributed by atoms with E-state index < -0.39 is 43.7 Å². The Balaban J connectivity index is 1.42. The number of aryl methyl sites for hydroxylation is 1. The molecule has 14 heteroatoms. The number of benzene rings is 3. The number of imidazole rings is 1. The van der Waals surface area contributed by atoms with Gasteiger partial charge in [0.2, 0.25) is 8.38 Å². The summed E-state index contributed by atoms with van der Waals surface area (Å²) in [5.41, 5.74) is 1.29. The van der Waals surface area contributed by atoms with Gasteiger partial charge in [0, 0.05) is 18.2 Å². The van der Waals surface area contributed by atoms with E-state index in [9.17, 15) is 14.9 Å². The Labute approximate surface area is 314 Å². The van der Waals surface area contributed by atoms with Crippen LogP contribution in [0.15, 0.2) is 107 Å². The van der Waals surface area contributed by atoms with Crippen molar-refractivity contribution in [2.75, 3.05) is 20.8 Å². The third kappa shape index (κ3) is 8.49. The number of nitrogens with one attached hydrogen (secondary N) is 2. The van der Waals surface area contributed by atoms with Gasteiger partial charge in [-0.25, -0.2) is 9.78 Å². The summed E-state index contributed by atoms with van der Waals surface area (Å²) in [6, 6.07) is 27.6. The van der Waals surface area contributed by atoms with E-state index in [1.165, 1.54) is 10.8 Å². The van der Waals surface area contributed by atoms with Crippen molar-refractivity contribution in [2.24, 2.45) is 0 Å². The third-order valence-corrected chi connectivity index (χ3v) is 11.0. The van der Waals surface area contributed by atoms with Gasteiger partial charge in [0.1, 0.15) is 34.9 Å². The summed E-state index contributed by atoms with van der Waals surface area (Å²) in [5.74, 6) is 1.38. The number of rotatable bonds is 17. The maximum absolute atomic E-state index is 13.1. The van der Waals surface area contributed by atoms with Gasteiger partial charge in [0.05, 0.1) is 58.0 Å². The summed E-state index contributed by atoms with van der Waals surface area (Å²) in [6.45, 7) is 3.67. The topological polar surface area (TPSA) is 163 Å². The van der Waals surface area contributed by atoms with Crippen molar-refractivity contribution < 1.29 is 28.0 Å². The number of aromatic nitrogens is 4. The van der Waals surface area contributed by atoms with Crippen molar-refractivity contribution >= 4 is 13.8 Å². The first-order valence-corrected chi connectivity index (χ1v) is 18.9. The van der Waals surface area contributed by atoms with Crippen LogP contribution in [0, 0.1) is 18.3 Å². The lowest BCUT2D eigenvalue weighted by Gasteiger charge is -2.37. The third-order valence-electron chi connectivity index (χ3n) is 9.36. The monoisotopic (exact) mass is 753 g/mol. The number of nitriles is 1. The van der Waals surface area contributed by atoms with Gasteiger partial charge in [-0.15, -0.1) is 0 Å². The van der Waals surface area contributed by atoms with Crippen LogP contribution in [0.2, 0.25) is 0 Å². The van der Waals surface area contributed by atoms with Crippen molar-refractivity contribution in [3.63, 3.8) is 0 Å². The fraction of sp³-hybridized carbons (Fsp3) is 0.350. The quantitative estimate of drug-likeness (QED) is 0.0851. The number of aromatic amines is 2. The normalized spacial score (nSPS) is 18.2. The Morgan fingerprint density at radius 3 is 2.22 bits per heavy atom. The second-order valence-electron chi connectivity index (χ2n) is 12.9. The summed E-state index contributed by atoms with van der Waals surface area (Å²) in [4.78, 5) is 35.1. The molecule has 3 heterocycles. The largest absolute Gasteiger partial charge is 0.497 e. The summed E-state index contributed by atoms with van der Waals surface area (Å²) in [6.07, 6.45) is 4.02. The molecule has 0 bridgehead atoms. The van der Waals surface area contributed by atoms with Crippen molar-refractivity contribution in [3.8, 4) is 17.6 Å². The van der Waals surface area contributed by atoms with Gasteiger partial charge in [0.25, 0.3) is 5.56 Å². The predicted octanol–water partition coefficient (Wildman–Crippen LogP) is 6.00. The van der Waals surface area contributed by atoms with Crippen LogP contribution in [-0.2, 0) is 24.1 Å². The number of H-pyrrole nitrogens is 2. The maximum Gasteiger partial charge on any atom is 0.330 e. The van der Waals surface area contributed by atoms with E-state index in [4.69, 9.17) is 28.0 Å². The molecule has 1 fully saturated rings. The zero-order valence-corrected chi connectivity index (χ0v) is 31.5. The molecular weight excluding hydrogens is 709 g/mol. The van der Waals surface area contributed by atoms with Gasteiger partial charge in [-0.3, -0.25) is 14.3 Å². The van der Waals surface area contributed by atoms with Crippen LogP contribution < -0.4 is 26.2 Å². The molecule has 5 aromatic rings. The van der Waals surface area contributed by atoms with Gasteiger partial charge in [0.15, 0.2) is 0 Å². The molecule has 2 unspecified atom stereocenters. The maximum atomic E-state index is 13.1. The van der Waals surface area contributed by atoms with Crippen molar-refractivity contribution in [3.05, 3.63) is 141 Å². The zero-order valence-electron chi connectivity index (χ0n) is 30.6. The highest BCUT2D eigenvalue weighted by Gasteiger charge is 2.44. The van der Waals surface area contributed by atoms with Crippen molar-refractivity contribution in [2.45, 2.75) is 69.7 Å². The molecule has 282 valence electrons. The molecule has 5 atom stereocenters. The van der Waals surface area contributed by atoms with Gasteiger partial charge in [-0.05, 0) is 54.3 Å². The standard InChI is InChI=1S/C40H44N5O8P/c1-5-9-33(20-21-41)52-54(36-23-42-26-43-36)53-34-22-37(45-24-27(2)38(46)44-39(45)47)51-35(34)25-50-40(28-10-7-6-8-11-28,29-12-16-31(48-3)17-13-29)30-14-18-32(49-4)19-15-30/h6-8,10-19,23-24,26,33-35,37H,5,9,20,22,25H2,1-4H3,(H,42,43)(H,44,46,47)/t33?,34-,35+,37+,54?/m0/s1. The second kappa shape index (κ2) is 17.8. The molecule has 1 aliphatic heterocycles. The lowest BCUT2D eigenvalue weighted by Crippen LogP contribution is -2.38. The van der Waals surface area contributed by atoms with Crippen LogP contribution in [0.3, 0.4) is 0 Å². The number of methoxy groups -OCH3 is 2. The van der Waals surface area contributed by atoms with Gasteiger partial charge >= 0.3 is 5.69 Å². The number of hydrogen-bond donors (Lipinski definition) is 2. The minimum Gasteiger partial charge on any atom is -0.497 e. The molecule has 13 nitrogen and oxygen atoms in total. The molecule has 0 saturated carbocycles. The van der Waals surface area contributed by atoms with Gasteiger partial charge < -0.3 is 33.0 Å². The van der Waals surface area contributed by atoms with E-state index in [1.54, 1.807) is 33.7 Å². The highest BCUT2D eigenvalue weighted by Crippen LogP contribution is 2.47. The Bertz CT molecular complexity index is 2050. The lowest BCUT2D eigenvalue weighted by molar-refractivity contribution is -0.0918. The van der Waals surface area contributed by atoms with Crippen LogP contribution in [0.4, 0.5) is 0 Å². The Hall–Kier alpha value is -5.09. The number of ether oxygens (including phenoxy) is 4. The fourth-order valence-electron chi connectivity index (χ4n) is 6.57. The second-order valence-corrected chi connectivity index (χ2v) is 14.3. The molecule has 6 rings (SSSR count). The van der Waals surface area contributed by atoms with E-state index in [0.717, 1.165) is 23.1 Å². The Morgan fingerprint density at radius 2 is 1.65 bits per heavy atom. The fourth-order valence-corrected chi connectivity index (χ4v) is 8.09. The highest BCUT2D eigenvalue weighted by molar-refractivity contribution is 7.55. The molecule has 0 radical (unpaired) electrons. The SMILES string of the molecule is CCCC(CC#N)OP(O[C@H]1C[C@H](n2cc(C)c(=O)[nH]c2=O)O[C@@H]1COC(c1ccccc1)(c1ccc(OC)cc1)c1ccc(OC)cc1)c1cnc[nH]1. The lowest BCUT2D eigenvalue weighted by atomic mass is 9.80. The average molecular weight is 754 g/mol. The van der Waals surface area contributed by atoms with Crippen LogP contribution in [0.1, 0.15) is 61.1 Å². The number of nitrogens with zero attached hydrogens (tertiary/aromatic N) is 3. The molecule has 0 amide bonds. The summed E-state index contributed by atoms with van der Waals surface area (Å²) >= 11 is 0. The average Bonchev–Trinajstić information content (AvgIpc) is 3.88. The highest BCUT2D eigenvalue weighted by atomic mass is 31.2. The van der Waals surface area contributed by atoms with Crippen molar-refractivity contribution in [1.29, 1.82) is 5.26 Å². The molecule has 1 aliphatic rings. The van der Waals surface area contributed by atoms with Gasteiger partial charge in [-0.1, -0.05) is 67.9 Å². The molecule has 2 N–H and O–H groups in total. The molecule has 2 aromatic heterocycles. The van der Waals surface area contributed by atoms with Crippen molar-refractivity contribution in [1.82, 2.24) is 19.5 Å². The molecule has 0 spiro atoms. The van der Waals surface area contributed by atoms with Gasteiger partial charge in [-0.2, -0.15) is 5.26 Å². The molecule has 0 aliphatic carbocycles. The van der Waals surface area contributed by atoms with E-state index in [-0.39, 0.29) is 25.6 Å². The van der Waals surface area contributed by atoms with E-state index >= 15 is 0 Å². The molecule has 3 aromatic carbocycles. The van der Waals surface area contributed by atoms with E-state index in [0.29, 0.717) is 28.9 Å².